The smallest absolute Gasteiger partial charge is 0.253 e. The molecule has 2 amide bonds. The Labute approximate surface area is 171 Å². The lowest BCUT2D eigenvalue weighted by Gasteiger charge is -2.37. The van der Waals surface area contributed by atoms with Crippen LogP contribution in [0.15, 0.2) is 36.4 Å². The van der Waals surface area contributed by atoms with E-state index in [0.29, 0.717) is 25.2 Å². The van der Waals surface area contributed by atoms with Crippen molar-refractivity contribution >= 4 is 17.5 Å². The molecule has 0 bridgehead atoms. The Morgan fingerprint density at radius 1 is 1.03 bits per heavy atom. The summed E-state index contributed by atoms with van der Waals surface area (Å²) in [6.07, 6.45) is 3.22. The number of fused-ring (bicyclic) bond motifs is 1. The van der Waals surface area contributed by atoms with Gasteiger partial charge in [0.15, 0.2) is 0 Å². The first kappa shape index (κ1) is 19.6. The van der Waals surface area contributed by atoms with Crippen molar-refractivity contribution < 1.29 is 14.0 Å². The fourth-order valence-corrected chi connectivity index (χ4v) is 4.60. The molecular formula is C24H27FN2O2. The number of carbonyl (C=O) groups is 2. The normalized spacial score (nSPS) is 19.1. The summed E-state index contributed by atoms with van der Waals surface area (Å²) >= 11 is 0. The van der Waals surface area contributed by atoms with Gasteiger partial charge in [0, 0.05) is 30.9 Å². The van der Waals surface area contributed by atoms with E-state index in [9.17, 15) is 14.0 Å². The van der Waals surface area contributed by atoms with Crippen LogP contribution in [0.1, 0.15) is 46.3 Å². The predicted octanol–water partition coefficient (Wildman–Crippen LogP) is 4.27. The summed E-state index contributed by atoms with van der Waals surface area (Å²) in [5.41, 5.74) is 4.36. The van der Waals surface area contributed by atoms with E-state index in [1.165, 1.54) is 6.07 Å². The van der Waals surface area contributed by atoms with Gasteiger partial charge in [0.1, 0.15) is 5.82 Å². The van der Waals surface area contributed by atoms with Gasteiger partial charge in [-0.3, -0.25) is 9.59 Å². The van der Waals surface area contributed by atoms with Crippen LogP contribution in [-0.2, 0) is 11.2 Å². The number of hydrogen-bond donors (Lipinski definition) is 0. The molecule has 1 saturated heterocycles. The average Bonchev–Trinajstić information content (AvgIpc) is 2.72. The summed E-state index contributed by atoms with van der Waals surface area (Å²) < 4.78 is 13.8. The van der Waals surface area contributed by atoms with Crippen LogP contribution in [0, 0.1) is 25.6 Å². The maximum absolute atomic E-state index is 13.8. The highest BCUT2D eigenvalue weighted by atomic mass is 19.1. The van der Waals surface area contributed by atoms with Gasteiger partial charge in [-0.05, 0) is 74.9 Å². The third-order valence-corrected chi connectivity index (χ3v) is 6.06. The van der Waals surface area contributed by atoms with Crippen LogP contribution in [0.5, 0.6) is 0 Å². The number of amides is 2. The van der Waals surface area contributed by atoms with Gasteiger partial charge in [-0.25, -0.2) is 4.39 Å². The van der Waals surface area contributed by atoms with E-state index in [-0.39, 0.29) is 23.5 Å². The minimum absolute atomic E-state index is 0.0141. The molecule has 2 aliphatic rings. The lowest BCUT2D eigenvalue weighted by Crippen LogP contribution is -2.48. The van der Waals surface area contributed by atoms with E-state index < -0.39 is 0 Å². The molecule has 0 aliphatic carbocycles. The maximum atomic E-state index is 13.8. The number of rotatable bonds is 2. The number of carbonyl (C=O) groups excluding carboxylic acids is 2. The highest BCUT2D eigenvalue weighted by Gasteiger charge is 2.34. The van der Waals surface area contributed by atoms with Crippen molar-refractivity contribution in [2.75, 3.05) is 24.5 Å². The van der Waals surface area contributed by atoms with Crippen LogP contribution >= 0.6 is 0 Å². The van der Waals surface area contributed by atoms with Gasteiger partial charge in [0.05, 0.1) is 5.92 Å². The monoisotopic (exact) mass is 394 g/mol. The maximum Gasteiger partial charge on any atom is 0.253 e. The quantitative estimate of drug-likeness (QED) is 0.763. The topological polar surface area (TPSA) is 40.6 Å². The SMILES string of the molecule is Cc1ccc(C(=O)N2CCCC(C(=O)N3CCCc4cc(F)cc(C)c43)C2)cc1. The average molecular weight is 394 g/mol. The second-order valence-electron chi connectivity index (χ2n) is 8.28. The molecule has 2 aromatic carbocycles. The molecule has 2 heterocycles. The van der Waals surface area contributed by atoms with Gasteiger partial charge in [0.25, 0.3) is 5.91 Å². The lowest BCUT2D eigenvalue weighted by atomic mass is 9.92. The van der Waals surface area contributed by atoms with Crippen molar-refractivity contribution in [1.29, 1.82) is 0 Å². The number of likely N-dealkylation sites (tertiary alicyclic amines) is 1. The molecule has 2 aromatic rings. The second kappa shape index (κ2) is 7.97. The standard InChI is InChI=1S/C24H27FN2O2/c1-16-7-9-18(10-8-16)23(28)26-11-3-6-20(15-26)24(29)27-12-4-5-19-14-21(25)13-17(2)22(19)27/h7-10,13-14,20H,3-6,11-12,15H2,1-2H3. The largest absolute Gasteiger partial charge is 0.338 e. The van der Waals surface area contributed by atoms with Crippen molar-refractivity contribution in [2.45, 2.75) is 39.5 Å². The van der Waals surface area contributed by atoms with Crippen LogP contribution in [0.4, 0.5) is 10.1 Å². The van der Waals surface area contributed by atoms with Crippen molar-refractivity contribution in [2.24, 2.45) is 5.92 Å². The highest BCUT2D eigenvalue weighted by molar-refractivity contribution is 5.98. The molecule has 4 rings (SSSR count). The molecule has 0 spiro atoms. The summed E-state index contributed by atoms with van der Waals surface area (Å²) in [5, 5.41) is 0. The summed E-state index contributed by atoms with van der Waals surface area (Å²) in [6, 6.07) is 10.6. The van der Waals surface area contributed by atoms with E-state index in [1.807, 2.05) is 43.0 Å². The number of hydrogen-bond acceptors (Lipinski definition) is 2. The molecule has 5 heteroatoms. The molecule has 1 atom stereocenters. The van der Waals surface area contributed by atoms with Gasteiger partial charge >= 0.3 is 0 Å². The van der Waals surface area contributed by atoms with Crippen LogP contribution in [0.25, 0.3) is 0 Å². The molecule has 0 saturated carbocycles. The number of aryl methyl sites for hydroxylation is 3. The van der Waals surface area contributed by atoms with E-state index in [4.69, 9.17) is 0 Å². The van der Waals surface area contributed by atoms with Gasteiger partial charge < -0.3 is 9.80 Å². The van der Waals surface area contributed by atoms with E-state index in [0.717, 1.165) is 48.1 Å². The zero-order valence-corrected chi connectivity index (χ0v) is 17.1. The number of piperidine rings is 1. The van der Waals surface area contributed by atoms with Gasteiger partial charge in [0.2, 0.25) is 5.91 Å². The van der Waals surface area contributed by atoms with E-state index >= 15 is 0 Å². The molecule has 1 unspecified atom stereocenters. The van der Waals surface area contributed by atoms with E-state index in [2.05, 4.69) is 0 Å². The van der Waals surface area contributed by atoms with Gasteiger partial charge in [-0.2, -0.15) is 0 Å². The number of benzene rings is 2. The fraction of sp³-hybridized carbons (Fsp3) is 0.417. The van der Waals surface area contributed by atoms with Crippen LogP contribution in [0.2, 0.25) is 0 Å². The van der Waals surface area contributed by atoms with Crippen molar-refractivity contribution in [1.82, 2.24) is 4.90 Å². The van der Waals surface area contributed by atoms with Crippen LogP contribution in [0.3, 0.4) is 0 Å². The second-order valence-corrected chi connectivity index (χ2v) is 8.28. The van der Waals surface area contributed by atoms with Crippen LogP contribution < -0.4 is 4.90 Å². The summed E-state index contributed by atoms with van der Waals surface area (Å²) in [7, 11) is 0. The Hall–Kier alpha value is -2.69. The minimum Gasteiger partial charge on any atom is -0.338 e. The Kier molecular flexibility index (Phi) is 5.39. The summed E-state index contributed by atoms with van der Waals surface area (Å²) in [4.78, 5) is 29.9. The Balaban J connectivity index is 1.53. The first-order valence-electron chi connectivity index (χ1n) is 10.4. The molecule has 4 nitrogen and oxygen atoms in total. The Morgan fingerprint density at radius 3 is 2.55 bits per heavy atom. The molecule has 0 radical (unpaired) electrons. The van der Waals surface area contributed by atoms with Crippen molar-refractivity contribution in [3.63, 3.8) is 0 Å². The molecule has 2 aliphatic heterocycles. The number of nitrogens with zero attached hydrogens (tertiary/aromatic N) is 2. The Bertz CT molecular complexity index is 939. The van der Waals surface area contributed by atoms with Gasteiger partial charge in [-0.15, -0.1) is 0 Å². The minimum atomic E-state index is -0.247. The molecule has 1 fully saturated rings. The first-order valence-corrected chi connectivity index (χ1v) is 10.4. The Morgan fingerprint density at radius 2 is 1.79 bits per heavy atom. The zero-order valence-electron chi connectivity index (χ0n) is 17.1. The zero-order chi connectivity index (χ0) is 20.5. The first-order chi connectivity index (χ1) is 13.9. The fourth-order valence-electron chi connectivity index (χ4n) is 4.60. The summed E-state index contributed by atoms with van der Waals surface area (Å²) in [6.45, 7) is 5.63. The van der Waals surface area contributed by atoms with Crippen LogP contribution in [-0.4, -0.2) is 36.3 Å². The molecule has 0 N–H and O–H groups in total. The van der Waals surface area contributed by atoms with Crippen molar-refractivity contribution in [3.8, 4) is 0 Å². The van der Waals surface area contributed by atoms with Crippen molar-refractivity contribution in [3.05, 3.63) is 64.5 Å². The third-order valence-electron chi connectivity index (χ3n) is 6.06. The van der Waals surface area contributed by atoms with Gasteiger partial charge in [-0.1, -0.05) is 17.7 Å². The third kappa shape index (κ3) is 3.91. The summed E-state index contributed by atoms with van der Waals surface area (Å²) in [5.74, 6) is -0.418. The highest BCUT2D eigenvalue weighted by Crippen LogP contribution is 2.34. The lowest BCUT2D eigenvalue weighted by molar-refractivity contribution is -0.123. The molecular weight excluding hydrogens is 367 g/mol. The molecule has 29 heavy (non-hydrogen) atoms. The van der Waals surface area contributed by atoms with E-state index in [1.54, 1.807) is 11.0 Å². The number of anilines is 1. The molecule has 152 valence electrons. The molecule has 0 aromatic heterocycles. The predicted molar refractivity (Wildman–Crippen MR) is 112 cm³/mol. The number of halogens is 1.